The fourth-order valence-electron chi connectivity index (χ4n) is 1.33. The molecule has 1 amide bonds. The molecule has 2 aromatic rings. The molecule has 5 nitrogen and oxygen atoms in total. The number of halogens is 1. The minimum absolute atomic E-state index is 0.00374. The Labute approximate surface area is 111 Å². The molecular weight excluding hydrogens is 275 g/mol. The SMILES string of the molecule is NC(=S)c1c(F)cccc1NC(=O)c1csnn1. The minimum atomic E-state index is -0.586. The van der Waals surface area contributed by atoms with E-state index in [9.17, 15) is 9.18 Å². The average Bonchev–Trinajstić information content (AvgIpc) is 2.81. The average molecular weight is 282 g/mol. The Kier molecular flexibility index (Phi) is 3.58. The lowest BCUT2D eigenvalue weighted by Gasteiger charge is -2.09. The normalized spacial score (nSPS) is 10.1. The molecule has 0 saturated carbocycles. The van der Waals surface area contributed by atoms with E-state index in [1.807, 2.05) is 0 Å². The molecule has 1 aromatic heterocycles. The minimum Gasteiger partial charge on any atom is -0.389 e. The van der Waals surface area contributed by atoms with Crippen molar-refractivity contribution in [3.8, 4) is 0 Å². The van der Waals surface area contributed by atoms with E-state index in [-0.39, 0.29) is 21.9 Å². The predicted octanol–water partition coefficient (Wildman–Crippen LogP) is 1.56. The van der Waals surface area contributed by atoms with E-state index in [4.69, 9.17) is 18.0 Å². The summed E-state index contributed by atoms with van der Waals surface area (Å²) >= 11 is 5.80. The summed E-state index contributed by atoms with van der Waals surface area (Å²) in [5.74, 6) is -1.08. The van der Waals surface area contributed by atoms with Gasteiger partial charge in [0, 0.05) is 5.38 Å². The number of amides is 1. The molecule has 0 unspecified atom stereocenters. The number of carbonyl (C=O) groups excluding carboxylic acids is 1. The molecule has 0 spiro atoms. The Morgan fingerprint density at radius 2 is 2.28 bits per heavy atom. The van der Waals surface area contributed by atoms with E-state index in [0.717, 1.165) is 11.5 Å². The fourth-order valence-corrected chi connectivity index (χ4v) is 1.97. The molecular formula is C10H7FN4OS2. The second-order valence-electron chi connectivity index (χ2n) is 3.27. The molecule has 8 heteroatoms. The van der Waals surface area contributed by atoms with Gasteiger partial charge in [-0.1, -0.05) is 22.8 Å². The van der Waals surface area contributed by atoms with Gasteiger partial charge >= 0.3 is 0 Å². The lowest BCUT2D eigenvalue weighted by molar-refractivity contribution is 0.102. The van der Waals surface area contributed by atoms with Crippen LogP contribution < -0.4 is 11.1 Å². The van der Waals surface area contributed by atoms with E-state index in [1.165, 1.54) is 23.6 Å². The number of rotatable bonds is 3. The van der Waals surface area contributed by atoms with Crippen molar-refractivity contribution in [2.24, 2.45) is 5.73 Å². The largest absolute Gasteiger partial charge is 0.389 e. The van der Waals surface area contributed by atoms with Gasteiger partial charge in [0.05, 0.1) is 11.3 Å². The number of anilines is 1. The Balaban J connectivity index is 2.32. The maximum Gasteiger partial charge on any atom is 0.277 e. The molecule has 3 N–H and O–H groups in total. The summed E-state index contributed by atoms with van der Waals surface area (Å²) in [7, 11) is 0. The zero-order chi connectivity index (χ0) is 13.1. The first-order chi connectivity index (χ1) is 8.59. The first kappa shape index (κ1) is 12.5. The van der Waals surface area contributed by atoms with Gasteiger partial charge in [0.2, 0.25) is 0 Å². The van der Waals surface area contributed by atoms with Gasteiger partial charge in [-0.15, -0.1) is 5.10 Å². The molecule has 1 heterocycles. The van der Waals surface area contributed by atoms with E-state index >= 15 is 0 Å². The number of thiocarbonyl (C=S) groups is 1. The highest BCUT2D eigenvalue weighted by Crippen LogP contribution is 2.19. The number of hydrogen-bond donors (Lipinski definition) is 2. The van der Waals surface area contributed by atoms with Gasteiger partial charge in [-0.25, -0.2) is 4.39 Å². The lowest BCUT2D eigenvalue weighted by Crippen LogP contribution is -2.19. The van der Waals surface area contributed by atoms with Gasteiger partial charge in [0.1, 0.15) is 10.8 Å². The van der Waals surface area contributed by atoms with Crippen LogP contribution in [0.15, 0.2) is 23.6 Å². The summed E-state index contributed by atoms with van der Waals surface area (Å²) in [6, 6.07) is 4.18. The van der Waals surface area contributed by atoms with Crippen molar-refractivity contribution in [3.63, 3.8) is 0 Å². The molecule has 0 aliphatic heterocycles. The van der Waals surface area contributed by atoms with Gasteiger partial charge in [-0.05, 0) is 23.7 Å². The Bertz CT molecular complexity index is 600. The summed E-state index contributed by atoms with van der Waals surface area (Å²) in [6.45, 7) is 0. The monoisotopic (exact) mass is 282 g/mol. The molecule has 1 aromatic carbocycles. The van der Waals surface area contributed by atoms with Gasteiger partial charge in [0.15, 0.2) is 5.69 Å². The molecule has 0 aliphatic rings. The molecule has 0 saturated heterocycles. The number of hydrogen-bond acceptors (Lipinski definition) is 5. The van der Waals surface area contributed by atoms with Crippen molar-refractivity contribution in [1.29, 1.82) is 0 Å². The number of benzene rings is 1. The van der Waals surface area contributed by atoms with E-state index in [0.29, 0.717) is 0 Å². The molecule has 0 bridgehead atoms. The topological polar surface area (TPSA) is 80.9 Å². The third-order valence-corrected chi connectivity index (χ3v) is 2.81. The highest BCUT2D eigenvalue weighted by Gasteiger charge is 2.15. The van der Waals surface area contributed by atoms with Crippen LogP contribution in [0, 0.1) is 5.82 Å². The molecule has 0 radical (unpaired) electrons. The predicted molar refractivity (Wildman–Crippen MR) is 70.1 cm³/mol. The van der Waals surface area contributed by atoms with Crippen molar-refractivity contribution < 1.29 is 9.18 Å². The van der Waals surface area contributed by atoms with Crippen LogP contribution in [0.3, 0.4) is 0 Å². The van der Waals surface area contributed by atoms with Crippen LogP contribution in [0.25, 0.3) is 0 Å². The molecule has 92 valence electrons. The first-order valence-corrected chi connectivity index (χ1v) is 6.01. The molecule has 18 heavy (non-hydrogen) atoms. The van der Waals surface area contributed by atoms with Crippen LogP contribution in [-0.2, 0) is 0 Å². The van der Waals surface area contributed by atoms with Crippen LogP contribution in [-0.4, -0.2) is 20.5 Å². The Morgan fingerprint density at radius 1 is 1.50 bits per heavy atom. The van der Waals surface area contributed by atoms with Crippen LogP contribution >= 0.6 is 23.8 Å². The van der Waals surface area contributed by atoms with Crippen molar-refractivity contribution in [1.82, 2.24) is 9.59 Å². The maximum atomic E-state index is 13.5. The van der Waals surface area contributed by atoms with Gasteiger partial charge < -0.3 is 11.1 Å². The maximum absolute atomic E-state index is 13.5. The van der Waals surface area contributed by atoms with E-state index < -0.39 is 11.7 Å². The third-order valence-electron chi connectivity index (χ3n) is 2.10. The summed E-state index contributed by atoms with van der Waals surface area (Å²) in [4.78, 5) is 11.6. The van der Waals surface area contributed by atoms with Crippen LogP contribution in [0.1, 0.15) is 16.1 Å². The number of nitrogens with zero attached hydrogens (tertiary/aromatic N) is 2. The van der Waals surface area contributed by atoms with E-state index in [1.54, 1.807) is 0 Å². The first-order valence-electron chi connectivity index (χ1n) is 4.76. The standard InChI is InChI=1S/C10H7FN4OS2/c11-5-2-1-3-6(8(5)9(12)17)13-10(16)7-4-18-15-14-7/h1-4H,(H2,12,17)(H,13,16). The highest BCUT2D eigenvalue weighted by molar-refractivity contribution is 7.80. The summed E-state index contributed by atoms with van der Waals surface area (Å²) < 4.78 is 17.1. The smallest absolute Gasteiger partial charge is 0.277 e. The van der Waals surface area contributed by atoms with Gasteiger partial charge in [-0.3, -0.25) is 4.79 Å². The van der Waals surface area contributed by atoms with Crippen molar-refractivity contribution in [2.45, 2.75) is 0 Å². The lowest BCUT2D eigenvalue weighted by atomic mass is 10.1. The highest BCUT2D eigenvalue weighted by atomic mass is 32.1. The number of carbonyl (C=O) groups is 1. The number of nitrogens with one attached hydrogen (secondary N) is 1. The Morgan fingerprint density at radius 3 is 2.89 bits per heavy atom. The molecule has 0 fully saturated rings. The third kappa shape index (κ3) is 2.49. The Hall–Kier alpha value is -1.93. The quantitative estimate of drug-likeness (QED) is 0.835. The second-order valence-corrected chi connectivity index (χ2v) is 4.32. The molecule has 2 rings (SSSR count). The van der Waals surface area contributed by atoms with E-state index in [2.05, 4.69) is 14.9 Å². The van der Waals surface area contributed by atoms with Crippen LogP contribution in [0.5, 0.6) is 0 Å². The number of nitrogens with two attached hydrogens (primary N) is 1. The summed E-state index contributed by atoms with van der Waals surface area (Å²) in [5, 5.41) is 7.58. The zero-order valence-corrected chi connectivity index (χ0v) is 10.5. The number of aromatic nitrogens is 2. The van der Waals surface area contributed by atoms with Crippen molar-refractivity contribution >= 4 is 40.3 Å². The second kappa shape index (κ2) is 5.15. The zero-order valence-electron chi connectivity index (χ0n) is 8.88. The molecule has 0 atom stereocenters. The van der Waals surface area contributed by atoms with Gasteiger partial charge in [0.25, 0.3) is 5.91 Å². The van der Waals surface area contributed by atoms with Crippen molar-refractivity contribution in [2.75, 3.05) is 5.32 Å². The summed E-state index contributed by atoms with van der Waals surface area (Å²) in [6.07, 6.45) is 0. The van der Waals surface area contributed by atoms with Gasteiger partial charge in [-0.2, -0.15) is 0 Å². The van der Waals surface area contributed by atoms with Crippen molar-refractivity contribution in [3.05, 3.63) is 40.7 Å². The van der Waals surface area contributed by atoms with Crippen LogP contribution in [0.2, 0.25) is 0 Å². The summed E-state index contributed by atoms with van der Waals surface area (Å²) in [5.41, 5.74) is 5.79. The fraction of sp³-hybridized carbons (Fsp3) is 0. The molecule has 0 aliphatic carbocycles. The van der Waals surface area contributed by atoms with Crippen LogP contribution in [0.4, 0.5) is 10.1 Å².